The van der Waals surface area contributed by atoms with Gasteiger partial charge in [-0.2, -0.15) is 4.31 Å². The SMILES string of the molecule is CN(CC(=O)N(Cc1ccccc1)c1ccccc1)S(=O)(=O)c1ccc2c(c1)OCCO2. The fourth-order valence-electron chi connectivity index (χ4n) is 3.42. The number of hydrogen-bond acceptors (Lipinski definition) is 5. The first kappa shape index (κ1) is 21.9. The minimum absolute atomic E-state index is 0.0476. The van der Waals surface area contributed by atoms with Crippen LogP contribution >= 0.6 is 0 Å². The number of amides is 1. The Hall–Kier alpha value is -3.36. The Labute approximate surface area is 187 Å². The molecule has 0 unspecified atom stereocenters. The largest absolute Gasteiger partial charge is 0.486 e. The lowest BCUT2D eigenvalue weighted by Gasteiger charge is -2.26. The zero-order chi connectivity index (χ0) is 22.6. The average molecular weight is 453 g/mol. The molecule has 166 valence electrons. The summed E-state index contributed by atoms with van der Waals surface area (Å²) in [6.07, 6.45) is 0. The van der Waals surface area contributed by atoms with Crippen LogP contribution in [0.1, 0.15) is 5.56 Å². The molecule has 3 aromatic rings. The standard InChI is InChI=1S/C24H24N2O5S/c1-25(32(28,29)21-12-13-22-23(16-21)31-15-14-30-22)18-24(27)26(20-10-6-3-7-11-20)17-19-8-4-2-5-9-19/h2-13,16H,14-15,17-18H2,1H3. The monoisotopic (exact) mass is 452 g/mol. The van der Waals surface area contributed by atoms with Gasteiger partial charge in [0.1, 0.15) is 13.2 Å². The third kappa shape index (κ3) is 4.76. The smallest absolute Gasteiger partial charge is 0.243 e. The molecule has 0 bridgehead atoms. The third-order valence-electron chi connectivity index (χ3n) is 5.13. The van der Waals surface area contributed by atoms with Gasteiger partial charge in [0.15, 0.2) is 11.5 Å². The topological polar surface area (TPSA) is 76.2 Å². The molecule has 1 amide bonds. The number of para-hydroxylation sites is 1. The van der Waals surface area contributed by atoms with Crippen molar-refractivity contribution in [3.05, 3.63) is 84.4 Å². The summed E-state index contributed by atoms with van der Waals surface area (Å²) in [6, 6.07) is 23.3. The molecule has 3 aromatic carbocycles. The second-order valence-electron chi connectivity index (χ2n) is 7.37. The van der Waals surface area contributed by atoms with Crippen LogP contribution < -0.4 is 14.4 Å². The highest BCUT2D eigenvalue weighted by Crippen LogP contribution is 2.33. The summed E-state index contributed by atoms with van der Waals surface area (Å²) in [7, 11) is -2.51. The first-order chi connectivity index (χ1) is 15.4. The van der Waals surface area contributed by atoms with E-state index in [1.807, 2.05) is 60.7 Å². The summed E-state index contributed by atoms with van der Waals surface area (Å²) in [5.41, 5.74) is 1.65. The molecule has 0 spiro atoms. The van der Waals surface area contributed by atoms with Crippen LogP contribution in [0.25, 0.3) is 0 Å². The van der Waals surface area contributed by atoms with Crippen LogP contribution in [0.15, 0.2) is 83.8 Å². The summed E-state index contributed by atoms with van der Waals surface area (Å²) in [5, 5.41) is 0. The second-order valence-corrected chi connectivity index (χ2v) is 9.41. The summed E-state index contributed by atoms with van der Waals surface area (Å²) in [6.45, 7) is 0.806. The van der Waals surface area contributed by atoms with E-state index in [2.05, 4.69) is 0 Å². The zero-order valence-electron chi connectivity index (χ0n) is 17.7. The lowest BCUT2D eigenvalue weighted by atomic mass is 10.2. The molecule has 32 heavy (non-hydrogen) atoms. The molecule has 0 aliphatic carbocycles. The van der Waals surface area contributed by atoms with Crippen LogP contribution in [0, 0.1) is 0 Å². The molecule has 0 saturated carbocycles. The van der Waals surface area contributed by atoms with Crippen LogP contribution in [-0.2, 0) is 21.4 Å². The Bertz CT molecular complexity index is 1180. The normalized spacial score (nSPS) is 13.1. The van der Waals surface area contributed by atoms with E-state index in [9.17, 15) is 13.2 Å². The van der Waals surface area contributed by atoms with Crippen molar-refractivity contribution in [2.24, 2.45) is 0 Å². The number of sulfonamides is 1. The second kappa shape index (κ2) is 9.42. The Morgan fingerprint density at radius 2 is 1.50 bits per heavy atom. The van der Waals surface area contributed by atoms with Crippen molar-refractivity contribution in [2.75, 3.05) is 31.7 Å². The van der Waals surface area contributed by atoms with Gasteiger partial charge in [0.05, 0.1) is 18.0 Å². The van der Waals surface area contributed by atoms with Crippen molar-refractivity contribution in [3.8, 4) is 11.5 Å². The van der Waals surface area contributed by atoms with E-state index in [0.29, 0.717) is 36.9 Å². The molecule has 0 atom stereocenters. The van der Waals surface area contributed by atoms with Crippen molar-refractivity contribution < 1.29 is 22.7 Å². The number of anilines is 1. The Morgan fingerprint density at radius 3 is 2.19 bits per heavy atom. The molecule has 0 aromatic heterocycles. The van der Waals surface area contributed by atoms with Crippen molar-refractivity contribution >= 4 is 21.6 Å². The number of fused-ring (bicyclic) bond motifs is 1. The molecule has 0 saturated heterocycles. The van der Waals surface area contributed by atoms with E-state index < -0.39 is 10.0 Å². The van der Waals surface area contributed by atoms with Crippen molar-refractivity contribution in [3.63, 3.8) is 0 Å². The van der Waals surface area contributed by atoms with Crippen LogP contribution in [-0.4, -0.2) is 45.4 Å². The number of ether oxygens (including phenoxy) is 2. The van der Waals surface area contributed by atoms with E-state index in [1.54, 1.807) is 11.0 Å². The van der Waals surface area contributed by atoms with Gasteiger partial charge >= 0.3 is 0 Å². The van der Waals surface area contributed by atoms with Gasteiger partial charge in [-0.05, 0) is 29.8 Å². The predicted octanol–water partition coefficient (Wildman–Crippen LogP) is 3.31. The number of nitrogens with zero attached hydrogens (tertiary/aromatic N) is 2. The van der Waals surface area contributed by atoms with Crippen LogP contribution in [0.5, 0.6) is 11.5 Å². The Kier molecular flexibility index (Phi) is 6.43. The van der Waals surface area contributed by atoms with Gasteiger partial charge in [-0.15, -0.1) is 0 Å². The van der Waals surface area contributed by atoms with Gasteiger partial charge in [-0.25, -0.2) is 8.42 Å². The third-order valence-corrected chi connectivity index (χ3v) is 6.93. The first-order valence-electron chi connectivity index (χ1n) is 10.2. The Morgan fingerprint density at radius 1 is 0.875 bits per heavy atom. The van der Waals surface area contributed by atoms with Crippen LogP contribution in [0.2, 0.25) is 0 Å². The molecule has 1 aliphatic rings. The van der Waals surface area contributed by atoms with Gasteiger partial charge in [0.2, 0.25) is 15.9 Å². The molecule has 0 fully saturated rings. The number of hydrogen-bond donors (Lipinski definition) is 0. The molecule has 7 nitrogen and oxygen atoms in total. The maximum atomic E-state index is 13.2. The van der Waals surface area contributed by atoms with Gasteiger partial charge < -0.3 is 14.4 Å². The van der Waals surface area contributed by atoms with Gasteiger partial charge in [0.25, 0.3) is 0 Å². The minimum Gasteiger partial charge on any atom is -0.486 e. The van der Waals surface area contributed by atoms with E-state index in [1.165, 1.54) is 19.2 Å². The fourth-order valence-corrected chi connectivity index (χ4v) is 4.56. The first-order valence-corrected chi connectivity index (χ1v) is 11.6. The van der Waals surface area contributed by atoms with Crippen LogP contribution in [0.3, 0.4) is 0 Å². The number of carbonyl (C=O) groups excluding carboxylic acids is 1. The molecule has 1 heterocycles. The predicted molar refractivity (Wildman–Crippen MR) is 121 cm³/mol. The molecular weight excluding hydrogens is 428 g/mol. The zero-order valence-corrected chi connectivity index (χ0v) is 18.5. The number of likely N-dealkylation sites (N-methyl/N-ethyl adjacent to an activating group) is 1. The quantitative estimate of drug-likeness (QED) is 0.550. The van der Waals surface area contributed by atoms with Gasteiger partial charge in [-0.1, -0.05) is 48.5 Å². The summed E-state index contributed by atoms with van der Waals surface area (Å²) in [5.74, 6) is 0.558. The summed E-state index contributed by atoms with van der Waals surface area (Å²) >= 11 is 0. The lowest BCUT2D eigenvalue weighted by Crippen LogP contribution is -2.41. The van der Waals surface area contributed by atoms with Crippen LogP contribution in [0.4, 0.5) is 5.69 Å². The van der Waals surface area contributed by atoms with Gasteiger partial charge in [0, 0.05) is 18.8 Å². The average Bonchev–Trinajstić information content (AvgIpc) is 2.83. The molecule has 0 radical (unpaired) electrons. The van der Waals surface area contributed by atoms with E-state index in [-0.39, 0.29) is 17.3 Å². The Balaban J connectivity index is 1.55. The fraction of sp³-hybridized carbons (Fsp3) is 0.208. The maximum Gasteiger partial charge on any atom is 0.243 e. The molecular formula is C24H24N2O5S. The molecule has 0 N–H and O–H groups in total. The molecule has 8 heteroatoms. The molecule has 1 aliphatic heterocycles. The highest BCUT2D eigenvalue weighted by atomic mass is 32.2. The number of benzene rings is 3. The van der Waals surface area contributed by atoms with E-state index in [0.717, 1.165) is 9.87 Å². The van der Waals surface area contributed by atoms with E-state index >= 15 is 0 Å². The van der Waals surface area contributed by atoms with Gasteiger partial charge in [-0.3, -0.25) is 4.79 Å². The lowest BCUT2D eigenvalue weighted by molar-refractivity contribution is -0.118. The highest BCUT2D eigenvalue weighted by Gasteiger charge is 2.27. The van der Waals surface area contributed by atoms with E-state index in [4.69, 9.17) is 9.47 Å². The van der Waals surface area contributed by atoms with Crippen molar-refractivity contribution in [2.45, 2.75) is 11.4 Å². The van der Waals surface area contributed by atoms with Crippen molar-refractivity contribution in [1.82, 2.24) is 4.31 Å². The van der Waals surface area contributed by atoms with Crippen molar-refractivity contribution in [1.29, 1.82) is 0 Å². The summed E-state index contributed by atoms with van der Waals surface area (Å²) < 4.78 is 38.3. The molecule has 4 rings (SSSR count). The number of carbonyl (C=O) groups is 1. The number of rotatable bonds is 7. The summed E-state index contributed by atoms with van der Waals surface area (Å²) in [4.78, 5) is 14.9. The maximum absolute atomic E-state index is 13.2. The minimum atomic E-state index is -3.91. The highest BCUT2D eigenvalue weighted by molar-refractivity contribution is 7.89.